The molecule has 2 aromatic rings. The van der Waals surface area contributed by atoms with Gasteiger partial charge in [-0.15, -0.1) is 0 Å². The Morgan fingerprint density at radius 1 is 1.21 bits per heavy atom. The molecular formula is C20H21N3O4S. The van der Waals surface area contributed by atoms with Crippen LogP contribution in [0.1, 0.15) is 17.7 Å². The number of rotatable bonds is 7. The minimum atomic E-state index is -0.368. The number of amides is 3. The zero-order chi connectivity index (χ0) is 20.1. The first-order valence-corrected chi connectivity index (χ1v) is 9.67. The summed E-state index contributed by atoms with van der Waals surface area (Å²) in [5.74, 6) is -0.386. The van der Waals surface area contributed by atoms with E-state index in [0.29, 0.717) is 17.9 Å². The van der Waals surface area contributed by atoms with Crippen molar-refractivity contribution in [3.63, 3.8) is 0 Å². The summed E-state index contributed by atoms with van der Waals surface area (Å²) in [5.41, 5.74) is 1.83. The predicted molar refractivity (Wildman–Crippen MR) is 108 cm³/mol. The molecule has 3 rings (SSSR count). The van der Waals surface area contributed by atoms with Crippen molar-refractivity contribution < 1.29 is 19.5 Å². The number of imide groups is 1. The van der Waals surface area contributed by atoms with Crippen LogP contribution in [0.4, 0.5) is 4.79 Å². The van der Waals surface area contributed by atoms with Crippen molar-refractivity contribution in [3.05, 3.63) is 58.8 Å². The number of nitrogens with zero attached hydrogens (tertiary/aromatic N) is 2. The molecule has 1 aliphatic heterocycles. The molecule has 7 nitrogen and oxygen atoms in total. The number of phenols is 1. The van der Waals surface area contributed by atoms with Crippen LogP contribution >= 0.6 is 11.8 Å². The Morgan fingerprint density at radius 3 is 2.64 bits per heavy atom. The summed E-state index contributed by atoms with van der Waals surface area (Å²) in [7, 11) is 1.86. The average Bonchev–Trinajstić information content (AvgIpc) is 3.18. The summed E-state index contributed by atoms with van der Waals surface area (Å²) in [6.45, 7) is 0.499. The summed E-state index contributed by atoms with van der Waals surface area (Å²) < 4.78 is 1.86. The van der Waals surface area contributed by atoms with Gasteiger partial charge in [-0.2, -0.15) is 0 Å². The van der Waals surface area contributed by atoms with Crippen LogP contribution in [0, 0.1) is 0 Å². The highest BCUT2D eigenvalue weighted by molar-refractivity contribution is 8.18. The molecule has 1 aliphatic rings. The molecule has 0 bridgehead atoms. The number of aryl methyl sites for hydroxylation is 1. The van der Waals surface area contributed by atoms with E-state index < -0.39 is 0 Å². The first-order valence-electron chi connectivity index (χ1n) is 8.85. The number of aromatic hydroxyl groups is 1. The molecule has 1 aromatic heterocycles. The summed E-state index contributed by atoms with van der Waals surface area (Å²) in [6.07, 6.45) is 4.24. The summed E-state index contributed by atoms with van der Waals surface area (Å²) >= 11 is 0.890. The van der Waals surface area contributed by atoms with Crippen molar-refractivity contribution in [2.24, 2.45) is 7.05 Å². The van der Waals surface area contributed by atoms with Crippen LogP contribution in [-0.2, 0) is 23.1 Å². The lowest BCUT2D eigenvalue weighted by molar-refractivity contribution is -0.124. The largest absolute Gasteiger partial charge is 0.508 e. The molecule has 0 spiro atoms. The number of carbonyl (C=O) groups is 3. The van der Waals surface area contributed by atoms with Gasteiger partial charge in [-0.1, -0.05) is 12.1 Å². The number of hydrogen-bond donors (Lipinski definition) is 2. The number of benzene rings is 1. The van der Waals surface area contributed by atoms with Crippen molar-refractivity contribution in [2.75, 3.05) is 13.1 Å². The van der Waals surface area contributed by atoms with Gasteiger partial charge in [-0.05, 0) is 54.1 Å². The second-order valence-electron chi connectivity index (χ2n) is 6.39. The standard InChI is InChI=1S/C20H21N3O4S/c1-22-11-2-3-15(22)13-17-19(26)23(20(27)28-17)12-9-18(25)21-10-8-14-4-6-16(24)7-5-14/h2-7,11,13,24H,8-10,12H2,1H3,(H,21,25). The maximum atomic E-state index is 12.4. The van der Waals surface area contributed by atoms with E-state index in [1.807, 2.05) is 29.9 Å². The highest BCUT2D eigenvalue weighted by Crippen LogP contribution is 2.32. The Labute approximate surface area is 167 Å². The third kappa shape index (κ3) is 4.83. The Kier molecular flexibility index (Phi) is 6.20. The minimum Gasteiger partial charge on any atom is -0.508 e. The normalized spacial score (nSPS) is 15.5. The van der Waals surface area contributed by atoms with E-state index in [1.54, 1.807) is 30.3 Å². The van der Waals surface area contributed by atoms with E-state index >= 15 is 0 Å². The highest BCUT2D eigenvalue weighted by atomic mass is 32.2. The van der Waals surface area contributed by atoms with E-state index in [0.717, 1.165) is 27.9 Å². The zero-order valence-corrected chi connectivity index (χ0v) is 16.2. The molecule has 0 radical (unpaired) electrons. The van der Waals surface area contributed by atoms with Crippen LogP contribution in [0.5, 0.6) is 5.75 Å². The van der Waals surface area contributed by atoms with E-state index in [9.17, 15) is 19.5 Å². The fourth-order valence-corrected chi connectivity index (χ4v) is 3.61. The zero-order valence-electron chi connectivity index (χ0n) is 15.4. The number of hydrogen-bond acceptors (Lipinski definition) is 5. The molecule has 1 fully saturated rings. The molecule has 1 saturated heterocycles. The molecule has 2 N–H and O–H groups in total. The van der Waals surface area contributed by atoms with Gasteiger partial charge in [-0.3, -0.25) is 19.3 Å². The Hall–Kier alpha value is -3.00. The molecule has 0 atom stereocenters. The van der Waals surface area contributed by atoms with Crippen LogP contribution in [-0.4, -0.2) is 44.7 Å². The average molecular weight is 399 g/mol. The second kappa shape index (κ2) is 8.79. The Bertz CT molecular complexity index is 918. The molecule has 3 amide bonds. The predicted octanol–water partition coefficient (Wildman–Crippen LogP) is 2.52. The first-order chi connectivity index (χ1) is 13.4. The maximum absolute atomic E-state index is 12.4. The molecule has 0 aliphatic carbocycles. The lowest BCUT2D eigenvalue weighted by Gasteiger charge is -2.12. The molecule has 0 saturated carbocycles. The highest BCUT2D eigenvalue weighted by Gasteiger charge is 2.35. The lowest BCUT2D eigenvalue weighted by atomic mass is 10.1. The van der Waals surface area contributed by atoms with Crippen LogP contribution in [0.25, 0.3) is 6.08 Å². The first kappa shape index (κ1) is 19.8. The van der Waals surface area contributed by atoms with Gasteiger partial charge in [0.15, 0.2) is 0 Å². The summed E-state index contributed by atoms with van der Waals surface area (Å²) in [4.78, 5) is 38.0. The number of carbonyl (C=O) groups excluding carboxylic acids is 3. The Balaban J connectivity index is 1.47. The molecule has 8 heteroatoms. The fraction of sp³-hybridized carbons (Fsp3) is 0.250. The summed E-state index contributed by atoms with van der Waals surface area (Å²) in [6, 6.07) is 10.5. The van der Waals surface area contributed by atoms with E-state index in [1.165, 1.54) is 0 Å². The maximum Gasteiger partial charge on any atom is 0.293 e. The van der Waals surface area contributed by atoms with Gasteiger partial charge in [0.25, 0.3) is 11.1 Å². The second-order valence-corrected chi connectivity index (χ2v) is 7.39. The third-order valence-corrected chi connectivity index (χ3v) is 5.28. The smallest absolute Gasteiger partial charge is 0.293 e. The quantitative estimate of drug-likeness (QED) is 0.698. The van der Waals surface area contributed by atoms with Crippen LogP contribution in [0.2, 0.25) is 0 Å². The van der Waals surface area contributed by atoms with Crippen molar-refractivity contribution >= 4 is 34.9 Å². The molecule has 2 heterocycles. The lowest BCUT2D eigenvalue weighted by Crippen LogP contribution is -2.34. The van der Waals surface area contributed by atoms with Gasteiger partial charge in [0.05, 0.1) is 4.91 Å². The fourth-order valence-electron chi connectivity index (χ4n) is 2.76. The molecule has 1 aromatic carbocycles. The molecule has 28 heavy (non-hydrogen) atoms. The molecule has 146 valence electrons. The van der Waals surface area contributed by atoms with Gasteiger partial charge in [0.2, 0.25) is 5.91 Å². The molecule has 0 unspecified atom stereocenters. The van der Waals surface area contributed by atoms with E-state index in [-0.39, 0.29) is 35.8 Å². The van der Waals surface area contributed by atoms with E-state index in [2.05, 4.69) is 5.32 Å². The van der Waals surface area contributed by atoms with E-state index in [4.69, 9.17) is 0 Å². The van der Waals surface area contributed by atoms with Gasteiger partial charge in [0.1, 0.15) is 5.75 Å². The van der Waals surface area contributed by atoms with Crippen molar-refractivity contribution in [2.45, 2.75) is 12.8 Å². The number of phenolic OH excluding ortho intramolecular Hbond substituents is 1. The topological polar surface area (TPSA) is 91.6 Å². The van der Waals surface area contributed by atoms with Gasteiger partial charge in [-0.25, -0.2) is 0 Å². The summed E-state index contributed by atoms with van der Waals surface area (Å²) in [5, 5.41) is 11.7. The minimum absolute atomic E-state index is 0.0557. The Morgan fingerprint density at radius 2 is 1.96 bits per heavy atom. The van der Waals surface area contributed by atoms with Gasteiger partial charge < -0.3 is 15.0 Å². The van der Waals surface area contributed by atoms with Crippen molar-refractivity contribution in [3.8, 4) is 5.75 Å². The van der Waals surface area contributed by atoms with Gasteiger partial charge in [0, 0.05) is 38.4 Å². The van der Waals surface area contributed by atoms with Crippen LogP contribution < -0.4 is 5.32 Å². The van der Waals surface area contributed by atoms with Gasteiger partial charge >= 0.3 is 0 Å². The van der Waals surface area contributed by atoms with Crippen molar-refractivity contribution in [1.82, 2.24) is 14.8 Å². The number of aromatic nitrogens is 1. The molecular weight excluding hydrogens is 378 g/mol. The number of thioether (sulfide) groups is 1. The van der Waals surface area contributed by atoms with Crippen molar-refractivity contribution in [1.29, 1.82) is 0 Å². The third-order valence-electron chi connectivity index (χ3n) is 4.37. The monoisotopic (exact) mass is 399 g/mol. The SMILES string of the molecule is Cn1cccc1C=C1SC(=O)N(CCC(=O)NCCc2ccc(O)cc2)C1=O. The number of nitrogens with one attached hydrogen (secondary N) is 1. The van der Waals surface area contributed by atoms with Crippen LogP contribution in [0.3, 0.4) is 0 Å². The van der Waals surface area contributed by atoms with Crippen LogP contribution in [0.15, 0.2) is 47.5 Å².